The topological polar surface area (TPSA) is 87.6 Å². The molecule has 2 heterocycles. The molecule has 0 saturated carbocycles. The molecule has 5 rings (SSSR count). The number of hydrogen-bond acceptors (Lipinski definition) is 8. The molecular weight excluding hydrogens is 475 g/mol. The van der Waals surface area contributed by atoms with Gasteiger partial charge in [0.15, 0.2) is 28.9 Å². The number of nitrogens with zero attached hydrogens (tertiary/aromatic N) is 3. The standard InChI is InChI=1S/C28H23FN4O4/c1-34-25-7-5-4-6-21(25)31-28-11-9-20(32-33-28)17-8-10-24(19(29)14-17)37-23-12-13-30-22-16-27(36-3)26(35-2)15-18(22)23/h4-16H,1-3H3,(H,31,33). The van der Waals surface area contributed by atoms with Crippen LogP contribution in [-0.2, 0) is 0 Å². The third-order valence-electron chi connectivity index (χ3n) is 5.69. The van der Waals surface area contributed by atoms with E-state index < -0.39 is 5.82 Å². The Labute approximate surface area is 212 Å². The van der Waals surface area contributed by atoms with Crippen molar-refractivity contribution in [2.24, 2.45) is 0 Å². The van der Waals surface area contributed by atoms with E-state index >= 15 is 4.39 Å². The number of anilines is 2. The molecule has 186 valence electrons. The van der Waals surface area contributed by atoms with Crippen molar-refractivity contribution >= 4 is 22.4 Å². The lowest BCUT2D eigenvalue weighted by molar-refractivity contribution is 0.355. The van der Waals surface area contributed by atoms with Crippen molar-refractivity contribution in [1.29, 1.82) is 0 Å². The van der Waals surface area contributed by atoms with Gasteiger partial charge >= 0.3 is 0 Å². The molecule has 8 nitrogen and oxygen atoms in total. The number of hydrogen-bond donors (Lipinski definition) is 1. The summed E-state index contributed by atoms with van der Waals surface area (Å²) in [6.07, 6.45) is 1.59. The van der Waals surface area contributed by atoms with Crippen LogP contribution in [0, 0.1) is 5.82 Å². The van der Waals surface area contributed by atoms with Gasteiger partial charge in [-0.1, -0.05) is 12.1 Å². The maximum atomic E-state index is 15.1. The predicted molar refractivity (Wildman–Crippen MR) is 139 cm³/mol. The molecule has 0 bridgehead atoms. The summed E-state index contributed by atoms with van der Waals surface area (Å²) in [6.45, 7) is 0. The fraction of sp³-hybridized carbons (Fsp3) is 0.107. The first-order valence-corrected chi connectivity index (χ1v) is 11.3. The van der Waals surface area contributed by atoms with Crippen LogP contribution in [0.25, 0.3) is 22.2 Å². The van der Waals surface area contributed by atoms with Gasteiger partial charge in [0.2, 0.25) is 0 Å². The Balaban J connectivity index is 1.37. The molecule has 3 aromatic carbocycles. The molecule has 0 aliphatic carbocycles. The number of nitrogens with one attached hydrogen (secondary N) is 1. The Bertz CT molecular complexity index is 1560. The smallest absolute Gasteiger partial charge is 0.166 e. The number of aromatic nitrogens is 3. The molecule has 0 spiro atoms. The SMILES string of the molecule is COc1ccccc1Nc1ccc(-c2ccc(Oc3ccnc4cc(OC)c(OC)cc34)c(F)c2)nn1. The van der Waals surface area contributed by atoms with E-state index in [-0.39, 0.29) is 5.75 Å². The van der Waals surface area contributed by atoms with Crippen LogP contribution in [0.1, 0.15) is 0 Å². The number of para-hydroxylation sites is 2. The highest BCUT2D eigenvalue weighted by Gasteiger charge is 2.14. The van der Waals surface area contributed by atoms with Gasteiger partial charge in [-0.2, -0.15) is 0 Å². The number of rotatable bonds is 8. The third-order valence-corrected chi connectivity index (χ3v) is 5.69. The molecule has 0 radical (unpaired) electrons. The summed E-state index contributed by atoms with van der Waals surface area (Å²) < 4.78 is 37.1. The highest BCUT2D eigenvalue weighted by atomic mass is 19.1. The van der Waals surface area contributed by atoms with Gasteiger partial charge in [-0.15, -0.1) is 10.2 Å². The second-order valence-corrected chi connectivity index (χ2v) is 7.91. The van der Waals surface area contributed by atoms with Gasteiger partial charge in [0, 0.05) is 23.2 Å². The highest BCUT2D eigenvalue weighted by Crippen LogP contribution is 2.38. The monoisotopic (exact) mass is 498 g/mol. The number of fused-ring (bicyclic) bond motifs is 1. The minimum absolute atomic E-state index is 0.0634. The van der Waals surface area contributed by atoms with E-state index in [4.69, 9.17) is 18.9 Å². The first-order chi connectivity index (χ1) is 18.1. The van der Waals surface area contributed by atoms with Crippen molar-refractivity contribution in [1.82, 2.24) is 15.2 Å². The van der Waals surface area contributed by atoms with Gasteiger partial charge in [0.05, 0.1) is 38.2 Å². The lowest BCUT2D eigenvalue weighted by Gasteiger charge is -2.13. The van der Waals surface area contributed by atoms with Crippen LogP contribution in [0.3, 0.4) is 0 Å². The van der Waals surface area contributed by atoms with Gasteiger partial charge < -0.3 is 24.3 Å². The maximum absolute atomic E-state index is 15.1. The molecule has 0 amide bonds. The average Bonchev–Trinajstić information content (AvgIpc) is 2.94. The largest absolute Gasteiger partial charge is 0.495 e. The number of methoxy groups -OCH3 is 3. The highest BCUT2D eigenvalue weighted by molar-refractivity contribution is 5.88. The van der Waals surface area contributed by atoms with Gasteiger partial charge in [0.25, 0.3) is 0 Å². The van der Waals surface area contributed by atoms with Gasteiger partial charge in [-0.25, -0.2) is 4.39 Å². The summed E-state index contributed by atoms with van der Waals surface area (Å²) in [5, 5.41) is 12.3. The normalized spacial score (nSPS) is 10.7. The number of pyridine rings is 1. The zero-order valence-corrected chi connectivity index (χ0v) is 20.4. The molecule has 0 saturated heterocycles. The molecule has 1 N–H and O–H groups in total. The third kappa shape index (κ3) is 4.92. The molecule has 5 aromatic rings. The average molecular weight is 499 g/mol. The van der Waals surface area contributed by atoms with Crippen LogP contribution in [0.4, 0.5) is 15.9 Å². The second kappa shape index (κ2) is 10.4. The van der Waals surface area contributed by atoms with Crippen LogP contribution in [0.2, 0.25) is 0 Å². The van der Waals surface area contributed by atoms with Gasteiger partial charge in [-0.05, 0) is 54.6 Å². The van der Waals surface area contributed by atoms with E-state index in [2.05, 4.69) is 20.5 Å². The second-order valence-electron chi connectivity index (χ2n) is 7.91. The Morgan fingerprint density at radius 1 is 0.703 bits per heavy atom. The summed E-state index contributed by atoms with van der Waals surface area (Å²) in [7, 11) is 4.70. The van der Waals surface area contributed by atoms with E-state index in [1.807, 2.05) is 24.3 Å². The summed E-state index contributed by atoms with van der Waals surface area (Å²) >= 11 is 0. The molecule has 2 aromatic heterocycles. The van der Waals surface area contributed by atoms with E-state index in [1.165, 1.54) is 6.07 Å². The zero-order valence-electron chi connectivity index (χ0n) is 20.4. The maximum Gasteiger partial charge on any atom is 0.166 e. The number of benzene rings is 3. The predicted octanol–water partition coefficient (Wildman–Crippen LogP) is 6.39. The van der Waals surface area contributed by atoms with Crippen LogP contribution < -0.4 is 24.3 Å². The lowest BCUT2D eigenvalue weighted by Crippen LogP contribution is -1.98. The summed E-state index contributed by atoms with van der Waals surface area (Å²) in [4.78, 5) is 4.35. The first-order valence-electron chi connectivity index (χ1n) is 11.3. The Kier molecular flexibility index (Phi) is 6.67. The van der Waals surface area contributed by atoms with Crippen molar-refractivity contribution in [3.63, 3.8) is 0 Å². The van der Waals surface area contributed by atoms with Crippen molar-refractivity contribution in [2.75, 3.05) is 26.6 Å². The minimum Gasteiger partial charge on any atom is -0.495 e. The van der Waals surface area contributed by atoms with Gasteiger partial charge in [-0.3, -0.25) is 4.98 Å². The lowest BCUT2D eigenvalue weighted by atomic mass is 10.1. The molecule has 0 atom stereocenters. The summed E-state index contributed by atoms with van der Waals surface area (Å²) in [5.41, 5.74) is 2.47. The first kappa shape index (κ1) is 23.8. The molecule has 37 heavy (non-hydrogen) atoms. The molecule has 0 aliphatic heterocycles. The Morgan fingerprint density at radius 2 is 1.49 bits per heavy atom. The Hall–Kier alpha value is -4.92. The minimum atomic E-state index is -0.541. The van der Waals surface area contributed by atoms with Crippen molar-refractivity contribution in [3.8, 4) is 40.0 Å². The number of ether oxygens (including phenoxy) is 4. The summed E-state index contributed by atoms with van der Waals surface area (Å²) in [5.74, 6) is 2.24. The van der Waals surface area contributed by atoms with Crippen molar-refractivity contribution in [2.45, 2.75) is 0 Å². The molecule has 0 fully saturated rings. The zero-order chi connectivity index (χ0) is 25.8. The molecular formula is C28H23FN4O4. The van der Waals surface area contributed by atoms with Gasteiger partial charge in [0.1, 0.15) is 11.5 Å². The summed E-state index contributed by atoms with van der Waals surface area (Å²) in [6, 6.07) is 20.8. The molecule has 9 heteroatoms. The van der Waals surface area contributed by atoms with E-state index in [1.54, 1.807) is 70.0 Å². The Morgan fingerprint density at radius 3 is 2.22 bits per heavy atom. The van der Waals surface area contributed by atoms with E-state index in [0.29, 0.717) is 51.0 Å². The van der Waals surface area contributed by atoms with Crippen molar-refractivity contribution < 1.29 is 23.3 Å². The van der Waals surface area contributed by atoms with Crippen LogP contribution >= 0.6 is 0 Å². The van der Waals surface area contributed by atoms with Crippen LogP contribution in [0.15, 0.2) is 79.0 Å². The molecule has 0 unspecified atom stereocenters. The quantitative estimate of drug-likeness (QED) is 0.263. The van der Waals surface area contributed by atoms with Crippen LogP contribution in [-0.4, -0.2) is 36.5 Å². The van der Waals surface area contributed by atoms with Crippen LogP contribution in [0.5, 0.6) is 28.7 Å². The number of halogens is 1. The molecule has 0 aliphatic rings. The fourth-order valence-electron chi connectivity index (χ4n) is 3.84. The van der Waals surface area contributed by atoms with Crippen molar-refractivity contribution in [3.05, 3.63) is 84.8 Å². The van der Waals surface area contributed by atoms with E-state index in [9.17, 15) is 0 Å². The fourth-order valence-corrected chi connectivity index (χ4v) is 3.84. The van der Waals surface area contributed by atoms with E-state index in [0.717, 1.165) is 5.69 Å².